The molecule has 0 radical (unpaired) electrons. The second-order valence-corrected chi connectivity index (χ2v) is 2.45. The summed E-state index contributed by atoms with van der Waals surface area (Å²) in [5, 5.41) is 0. The number of methoxy groups -OCH3 is 1. The van der Waals surface area contributed by atoms with E-state index in [-0.39, 0.29) is 12.5 Å². The maximum absolute atomic E-state index is 10.9. The van der Waals surface area contributed by atoms with Gasteiger partial charge in [-0.05, 0) is 0 Å². The van der Waals surface area contributed by atoms with E-state index in [1.54, 1.807) is 21.2 Å². The molecule has 0 spiro atoms. The zero-order valence-corrected chi connectivity index (χ0v) is 7.79. The lowest BCUT2D eigenvalue weighted by molar-refractivity contribution is -0.130. The number of hydroxylamine groups is 1. The molecule has 0 aliphatic heterocycles. The van der Waals surface area contributed by atoms with Crippen LogP contribution in [-0.4, -0.2) is 51.8 Å². The SMILES string of the molecule is COCCONCC(=O)N(C)C. The van der Waals surface area contributed by atoms with Gasteiger partial charge in [-0.25, -0.2) is 0 Å². The summed E-state index contributed by atoms with van der Waals surface area (Å²) in [5.41, 5.74) is 2.53. The molecule has 5 heteroatoms. The number of carbonyl (C=O) groups excluding carboxylic acids is 1. The minimum Gasteiger partial charge on any atom is -0.382 e. The predicted octanol–water partition coefficient (Wildman–Crippen LogP) is -0.758. The first-order chi connectivity index (χ1) is 5.68. The Balaban J connectivity index is 3.14. The van der Waals surface area contributed by atoms with Crippen molar-refractivity contribution in [1.29, 1.82) is 0 Å². The quantitative estimate of drug-likeness (QED) is 0.427. The highest BCUT2D eigenvalue weighted by molar-refractivity contribution is 5.77. The van der Waals surface area contributed by atoms with Gasteiger partial charge >= 0.3 is 0 Å². The van der Waals surface area contributed by atoms with E-state index < -0.39 is 0 Å². The number of carbonyl (C=O) groups is 1. The maximum atomic E-state index is 10.9. The van der Waals surface area contributed by atoms with E-state index in [1.807, 2.05) is 0 Å². The smallest absolute Gasteiger partial charge is 0.238 e. The van der Waals surface area contributed by atoms with Crippen LogP contribution in [0.25, 0.3) is 0 Å². The zero-order chi connectivity index (χ0) is 9.40. The Kier molecular flexibility index (Phi) is 6.64. The molecule has 0 aliphatic carbocycles. The van der Waals surface area contributed by atoms with E-state index in [9.17, 15) is 4.79 Å². The van der Waals surface area contributed by atoms with E-state index >= 15 is 0 Å². The van der Waals surface area contributed by atoms with Gasteiger partial charge in [0.25, 0.3) is 0 Å². The molecule has 0 aromatic heterocycles. The first-order valence-electron chi connectivity index (χ1n) is 3.72. The van der Waals surface area contributed by atoms with Crippen LogP contribution in [0, 0.1) is 0 Å². The lowest BCUT2D eigenvalue weighted by atomic mass is 10.6. The number of hydrogen-bond acceptors (Lipinski definition) is 4. The van der Waals surface area contributed by atoms with Crippen LogP contribution in [0.4, 0.5) is 0 Å². The third-order valence-electron chi connectivity index (χ3n) is 1.21. The summed E-state index contributed by atoms with van der Waals surface area (Å²) in [4.78, 5) is 17.3. The molecule has 1 N–H and O–H groups in total. The van der Waals surface area contributed by atoms with Gasteiger partial charge in [0.05, 0.1) is 13.2 Å². The Hall–Kier alpha value is -0.650. The lowest BCUT2D eigenvalue weighted by Gasteiger charge is -2.10. The topological polar surface area (TPSA) is 50.8 Å². The Bertz CT molecular complexity index is 128. The molecule has 12 heavy (non-hydrogen) atoms. The minimum atomic E-state index is -0.0209. The number of amides is 1. The molecule has 0 aromatic rings. The van der Waals surface area contributed by atoms with Gasteiger partial charge in [0, 0.05) is 21.2 Å². The van der Waals surface area contributed by atoms with Crippen LogP contribution in [0.3, 0.4) is 0 Å². The zero-order valence-electron chi connectivity index (χ0n) is 7.79. The second kappa shape index (κ2) is 7.02. The van der Waals surface area contributed by atoms with Gasteiger partial charge in [0.1, 0.15) is 6.54 Å². The fourth-order valence-corrected chi connectivity index (χ4v) is 0.468. The molecule has 0 heterocycles. The summed E-state index contributed by atoms with van der Waals surface area (Å²) in [7, 11) is 4.98. The first-order valence-corrected chi connectivity index (χ1v) is 3.72. The molecule has 1 amide bonds. The number of likely N-dealkylation sites (N-methyl/N-ethyl adjacent to an activating group) is 1. The molecule has 5 nitrogen and oxygen atoms in total. The molecule has 0 unspecified atom stereocenters. The van der Waals surface area contributed by atoms with Crippen molar-refractivity contribution in [2.24, 2.45) is 0 Å². The van der Waals surface area contributed by atoms with Crippen LogP contribution in [-0.2, 0) is 14.4 Å². The molecule has 0 fully saturated rings. The Morgan fingerprint density at radius 3 is 2.58 bits per heavy atom. The monoisotopic (exact) mass is 176 g/mol. The fraction of sp³-hybridized carbons (Fsp3) is 0.857. The number of rotatable bonds is 6. The van der Waals surface area contributed by atoms with Crippen molar-refractivity contribution in [2.45, 2.75) is 0 Å². The summed E-state index contributed by atoms with van der Waals surface area (Å²) < 4.78 is 4.74. The van der Waals surface area contributed by atoms with Gasteiger partial charge in [-0.15, -0.1) is 0 Å². The highest BCUT2D eigenvalue weighted by Crippen LogP contribution is 1.76. The molecular weight excluding hydrogens is 160 g/mol. The number of nitrogens with zero attached hydrogens (tertiary/aromatic N) is 1. The summed E-state index contributed by atoms with van der Waals surface area (Å²) in [5.74, 6) is -0.0209. The largest absolute Gasteiger partial charge is 0.382 e. The number of nitrogens with one attached hydrogen (secondary N) is 1. The molecule has 0 aromatic carbocycles. The summed E-state index contributed by atoms with van der Waals surface area (Å²) in [6.45, 7) is 1.15. The van der Waals surface area contributed by atoms with Gasteiger partial charge in [-0.1, -0.05) is 0 Å². The van der Waals surface area contributed by atoms with Gasteiger partial charge in [0.15, 0.2) is 0 Å². The van der Waals surface area contributed by atoms with E-state index in [0.717, 1.165) is 0 Å². The van der Waals surface area contributed by atoms with E-state index in [4.69, 9.17) is 9.57 Å². The van der Waals surface area contributed by atoms with Crippen LogP contribution in [0.15, 0.2) is 0 Å². The standard InChI is InChI=1S/C7H16N2O3/c1-9(2)7(10)6-8-12-5-4-11-3/h8H,4-6H2,1-3H3. The molecule has 0 saturated heterocycles. The average molecular weight is 176 g/mol. The maximum Gasteiger partial charge on any atom is 0.238 e. The Labute approximate surface area is 72.6 Å². The van der Waals surface area contributed by atoms with Gasteiger partial charge in [-0.3, -0.25) is 9.63 Å². The van der Waals surface area contributed by atoms with Crippen molar-refractivity contribution in [1.82, 2.24) is 10.4 Å². The van der Waals surface area contributed by atoms with Crippen molar-refractivity contribution in [3.8, 4) is 0 Å². The van der Waals surface area contributed by atoms with Gasteiger partial charge in [0.2, 0.25) is 5.91 Å². The highest BCUT2D eigenvalue weighted by atomic mass is 16.7. The molecule has 0 bridgehead atoms. The number of ether oxygens (including phenoxy) is 1. The molecule has 0 rings (SSSR count). The highest BCUT2D eigenvalue weighted by Gasteiger charge is 2.01. The molecule has 72 valence electrons. The third kappa shape index (κ3) is 6.09. The van der Waals surface area contributed by atoms with Crippen molar-refractivity contribution in [3.05, 3.63) is 0 Å². The van der Waals surface area contributed by atoms with Crippen molar-refractivity contribution in [3.63, 3.8) is 0 Å². The molecular formula is C7H16N2O3. The Morgan fingerprint density at radius 2 is 2.08 bits per heavy atom. The second-order valence-electron chi connectivity index (χ2n) is 2.45. The number of hydrogen-bond donors (Lipinski definition) is 1. The normalized spacial score (nSPS) is 9.92. The summed E-state index contributed by atoms with van der Waals surface area (Å²) in [6.07, 6.45) is 0. The molecule has 0 saturated carbocycles. The molecule has 0 atom stereocenters. The first kappa shape index (κ1) is 11.4. The predicted molar refractivity (Wildman–Crippen MR) is 44.5 cm³/mol. The van der Waals surface area contributed by atoms with Crippen molar-refractivity contribution >= 4 is 5.91 Å². The van der Waals surface area contributed by atoms with E-state index in [0.29, 0.717) is 13.2 Å². The average Bonchev–Trinajstić information content (AvgIpc) is 2.03. The summed E-state index contributed by atoms with van der Waals surface area (Å²) in [6, 6.07) is 0. The third-order valence-corrected chi connectivity index (χ3v) is 1.21. The van der Waals surface area contributed by atoms with Crippen LogP contribution in [0.5, 0.6) is 0 Å². The van der Waals surface area contributed by atoms with Crippen LogP contribution in [0.2, 0.25) is 0 Å². The lowest BCUT2D eigenvalue weighted by Crippen LogP contribution is -2.33. The van der Waals surface area contributed by atoms with Gasteiger partial charge < -0.3 is 9.64 Å². The van der Waals surface area contributed by atoms with Crippen molar-refractivity contribution in [2.75, 3.05) is 41.0 Å². The van der Waals surface area contributed by atoms with Crippen molar-refractivity contribution < 1.29 is 14.4 Å². The van der Waals surface area contributed by atoms with E-state index in [1.165, 1.54) is 4.90 Å². The van der Waals surface area contributed by atoms with Crippen LogP contribution < -0.4 is 5.48 Å². The van der Waals surface area contributed by atoms with Gasteiger partial charge in [-0.2, -0.15) is 5.48 Å². The van der Waals surface area contributed by atoms with Crippen LogP contribution in [0.1, 0.15) is 0 Å². The Morgan fingerprint density at radius 1 is 1.42 bits per heavy atom. The molecule has 0 aliphatic rings. The summed E-state index contributed by atoms with van der Waals surface area (Å²) >= 11 is 0. The van der Waals surface area contributed by atoms with Crippen LogP contribution >= 0.6 is 0 Å². The van der Waals surface area contributed by atoms with E-state index in [2.05, 4.69) is 5.48 Å². The minimum absolute atomic E-state index is 0.0209. The fourth-order valence-electron chi connectivity index (χ4n) is 0.468.